The maximum atomic E-state index is 12.6. The molecule has 1 atom stereocenters. The number of ether oxygens (including phenoxy) is 1. The molecule has 0 spiro atoms. The molecule has 1 saturated heterocycles. The molecule has 1 aliphatic heterocycles. The Morgan fingerprint density at radius 1 is 1.41 bits per heavy atom. The number of aryl methyl sites for hydroxylation is 1. The Labute approximate surface area is 132 Å². The first-order valence-corrected chi connectivity index (χ1v) is 8.15. The molecule has 1 aromatic rings. The summed E-state index contributed by atoms with van der Waals surface area (Å²) in [5.74, 6) is 0.893. The maximum Gasteiger partial charge on any atom is 0.272 e. The number of pyridine rings is 1. The monoisotopic (exact) mass is 303 g/mol. The number of morpholine rings is 1. The van der Waals surface area contributed by atoms with Crippen LogP contribution in [-0.4, -0.2) is 66.6 Å². The van der Waals surface area contributed by atoms with E-state index in [-0.39, 0.29) is 12.0 Å². The molecule has 1 amide bonds. The third kappa shape index (κ3) is 4.05. The van der Waals surface area contributed by atoms with E-state index in [0.29, 0.717) is 25.4 Å². The lowest BCUT2D eigenvalue weighted by atomic mass is 10.2. The van der Waals surface area contributed by atoms with Gasteiger partial charge in [0.05, 0.1) is 12.7 Å². The third-order valence-electron chi connectivity index (χ3n) is 4.32. The van der Waals surface area contributed by atoms with Gasteiger partial charge in [-0.25, -0.2) is 4.98 Å². The Morgan fingerprint density at radius 2 is 2.23 bits per heavy atom. The highest BCUT2D eigenvalue weighted by Gasteiger charge is 2.28. The topological polar surface area (TPSA) is 45.7 Å². The van der Waals surface area contributed by atoms with Crippen LogP contribution in [0, 0.1) is 12.8 Å². The number of carbonyl (C=O) groups is 1. The summed E-state index contributed by atoms with van der Waals surface area (Å²) >= 11 is 0. The number of rotatable bonds is 5. The molecule has 1 aliphatic carbocycles. The van der Waals surface area contributed by atoms with E-state index in [0.717, 1.165) is 24.7 Å². The predicted molar refractivity (Wildman–Crippen MR) is 84.8 cm³/mol. The third-order valence-corrected chi connectivity index (χ3v) is 4.32. The summed E-state index contributed by atoms with van der Waals surface area (Å²) in [5, 5.41) is 0. The van der Waals surface area contributed by atoms with E-state index >= 15 is 0 Å². The van der Waals surface area contributed by atoms with Gasteiger partial charge in [-0.1, -0.05) is 6.07 Å². The number of likely N-dealkylation sites (N-methyl/N-ethyl adjacent to an activating group) is 1. The van der Waals surface area contributed by atoms with Crippen LogP contribution in [-0.2, 0) is 4.74 Å². The molecule has 2 fully saturated rings. The minimum atomic E-state index is 0.0156. The highest BCUT2D eigenvalue weighted by Crippen LogP contribution is 2.29. The van der Waals surface area contributed by atoms with Gasteiger partial charge in [-0.15, -0.1) is 0 Å². The van der Waals surface area contributed by atoms with E-state index in [4.69, 9.17) is 4.74 Å². The van der Waals surface area contributed by atoms with E-state index in [1.165, 1.54) is 12.8 Å². The van der Waals surface area contributed by atoms with Crippen molar-refractivity contribution in [1.82, 2.24) is 14.8 Å². The Balaban J connectivity index is 1.56. The summed E-state index contributed by atoms with van der Waals surface area (Å²) in [5.41, 5.74) is 1.41. The zero-order valence-electron chi connectivity index (χ0n) is 13.5. The lowest BCUT2D eigenvalue weighted by Gasteiger charge is -2.34. The van der Waals surface area contributed by atoms with Crippen LogP contribution in [0.15, 0.2) is 18.2 Å². The minimum Gasteiger partial charge on any atom is -0.373 e. The molecular formula is C17H25N3O2. The van der Waals surface area contributed by atoms with Crippen LogP contribution in [0.4, 0.5) is 0 Å². The molecule has 0 N–H and O–H groups in total. The zero-order valence-corrected chi connectivity index (χ0v) is 13.5. The van der Waals surface area contributed by atoms with Crippen LogP contribution in [0.25, 0.3) is 0 Å². The van der Waals surface area contributed by atoms with E-state index in [9.17, 15) is 4.79 Å². The normalized spacial score (nSPS) is 22.1. The van der Waals surface area contributed by atoms with Crippen LogP contribution in [0.3, 0.4) is 0 Å². The first kappa shape index (κ1) is 15.4. The molecule has 0 bridgehead atoms. The number of aromatic nitrogens is 1. The Bertz CT molecular complexity index is 530. The average Bonchev–Trinajstić information content (AvgIpc) is 3.30. The van der Waals surface area contributed by atoms with Crippen molar-refractivity contribution in [2.75, 3.05) is 39.8 Å². The molecule has 120 valence electrons. The van der Waals surface area contributed by atoms with Crippen molar-refractivity contribution in [2.45, 2.75) is 25.9 Å². The van der Waals surface area contributed by atoms with Crippen molar-refractivity contribution in [1.29, 1.82) is 0 Å². The van der Waals surface area contributed by atoms with Crippen LogP contribution < -0.4 is 0 Å². The SMILES string of the molecule is Cc1cccc(C(=O)N2CCO[C@@H](CN(C)CC3CC3)C2)n1. The van der Waals surface area contributed by atoms with E-state index in [1.807, 2.05) is 24.0 Å². The summed E-state index contributed by atoms with van der Waals surface area (Å²) in [4.78, 5) is 21.1. The van der Waals surface area contributed by atoms with Gasteiger partial charge in [-0.05, 0) is 44.9 Å². The largest absolute Gasteiger partial charge is 0.373 e. The maximum absolute atomic E-state index is 12.6. The molecule has 0 aromatic carbocycles. The molecular weight excluding hydrogens is 278 g/mol. The molecule has 1 saturated carbocycles. The quantitative estimate of drug-likeness (QED) is 0.828. The van der Waals surface area contributed by atoms with Crippen molar-refractivity contribution in [3.05, 3.63) is 29.6 Å². The summed E-state index contributed by atoms with van der Waals surface area (Å²) in [7, 11) is 2.14. The van der Waals surface area contributed by atoms with E-state index in [1.54, 1.807) is 6.07 Å². The van der Waals surface area contributed by atoms with Crippen molar-refractivity contribution >= 4 is 5.91 Å². The molecule has 5 heteroatoms. The fraction of sp³-hybridized carbons (Fsp3) is 0.647. The van der Waals surface area contributed by atoms with Crippen molar-refractivity contribution in [3.63, 3.8) is 0 Å². The molecule has 0 unspecified atom stereocenters. The van der Waals surface area contributed by atoms with Gasteiger partial charge >= 0.3 is 0 Å². The molecule has 3 rings (SSSR count). The van der Waals surface area contributed by atoms with Crippen LogP contribution in [0.5, 0.6) is 0 Å². The fourth-order valence-electron chi connectivity index (χ4n) is 3.00. The second kappa shape index (κ2) is 6.75. The highest BCUT2D eigenvalue weighted by molar-refractivity contribution is 5.92. The van der Waals surface area contributed by atoms with Gasteiger partial charge in [0.15, 0.2) is 0 Å². The van der Waals surface area contributed by atoms with Crippen molar-refractivity contribution in [2.24, 2.45) is 5.92 Å². The first-order chi connectivity index (χ1) is 10.6. The molecule has 0 radical (unpaired) electrons. The molecule has 22 heavy (non-hydrogen) atoms. The summed E-state index contributed by atoms with van der Waals surface area (Å²) in [6.45, 7) is 5.86. The Kier molecular flexibility index (Phi) is 4.74. The number of carbonyl (C=O) groups excluding carboxylic acids is 1. The molecule has 5 nitrogen and oxygen atoms in total. The lowest BCUT2D eigenvalue weighted by molar-refractivity contribution is -0.0335. The van der Waals surface area contributed by atoms with Crippen LogP contribution >= 0.6 is 0 Å². The second-order valence-electron chi connectivity index (χ2n) is 6.57. The number of nitrogens with zero attached hydrogens (tertiary/aromatic N) is 3. The zero-order chi connectivity index (χ0) is 15.5. The lowest BCUT2D eigenvalue weighted by Crippen LogP contribution is -2.49. The second-order valence-corrected chi connectivity index (χ2v) is 6.57. The van der Waals surface area contributed by atoms with Crippen molar-refractivity contribution in [3.8, 4) is 0 Å². The van der Waals surface area contributed by atoms with Gasteiger partial charge in [0.25, 0.3) is 5.91 Å². The van der Waals surface area contributed by atoms with Gasteiger partial charge in [-0.2, -0.15) is 0 Å². The summed E-state index contributed by atoms with van der Waals surface area (Å²) in [6, 6.07) is 5.58. The highest BCUT2D eigenvalue weighted by atomic mass is 16.5. The molecule has 2 heterocycles. The van der Waals surface area contributed by atoms with Gasteiger partial charge in [0.2, 0.25) is 0 Å². The number of hydrogen-bond donors (Lipinski definition) is 0. The Hall–Kier alpha value is -1.46. The standard InChI is InChI=1S/C17H25N3O2/c1-13-4-3-5-16(18-13)17(21)20-8-9-22-15(12-20)11-19(2)10-14-6-7-14/h3-5,14-15H,6-12H2,1-2H3/t15-/m0/s1. The van der Waals surface area contributed by atoms with Gasteiger partial charge in [-0.3, -0.25) is 4.79 Å². The van der Waals surface area contributed by atoms with Gasteiger partial charge in [0.1, 0.15) is 5.69 Å². The van der Waals surface area contributed by atoms with Crippen LogP contribution in [0.2, 0.25) is 0 Å². The number of amides is 1. The summed E-state index contributed by atoms with van der Waals surface area (Å²) < 4.78 is 5.83. The molecule has 1 aromatic heterocycles. The predicted octanol–water partition coefficient (Wildman–Crippen LogP) is 1.57. The van der Waals surface area contributed by atoms with E-state index < -0.39 is 0 Å². The minimum absolute atomic E-state index is 0.0156. The molecule has 2 aliphatic rings. The summed E-state index contributed by atoms with van der Waals surface area (Å²) in [6.07, 6.45) is 2.82. The van der Waals surface area contributed by atoms with Gasteiger partial charge in [0, 0.05) is 31.9 Å². The average molecular weight is 303 g/mol. The van der Waals surface area contributed by atoms with Crippen LogP contribution in [0.1, 0.15) is 29.0 Å². The van der Waals surface area contributed by atoms with Crippen molar-refractivity contribution < 1.29 is 9.53 Å². The smallest absolute Gasteiger partial charge is 0.272 e. The van der Waals surface area contributed by atoms with E-state index in [2.05, 4.69) is 16.9 Å². The Morgan fingerprint density at radius 3 is 2.95 bits per heavy atom. The first-order valence-electron chi connectivity index (χ1n) is 8.15. The fourth-order valence-corrected chi connectivity index (χ4v) is 3.00. The number of hydrogen-bond acceptors (Lipinski definition) is 4. The van der Waals surface area contributed by atoms with Gasteiger partial charge < -0.3 is 14.5 Å².